The molecule has 0 bridgehead atoms. The average molecular weight is 388 g/mol. The Labute approximate surface area is 162 Å². The van der Waals surface area contributed by atoms with Crippen LogP contribution in [0.25, 0.3) is 5.82 Å². The molecule has 1 N–H and O–H groups in total. The number of aromatic nitrogens is 6. The first-order valence-electron chi connectivity index (χ1n) is 9.58. The fourth-order valence-corrected chi connectivity index (χ4v) is 3.98. The van der Waals surface area contributed by atoms with E-state index in [2.05, 4.69) is 39.6 Å². The molecule has 11 heteroatoms. The molecule has 1 atom stereocenters. The second-order valence-electron chi connectivity index (χ2n) is 7.50. The molecule has 2 aliphatic heterocycles. The Hall–Kier alpha value is -2.98. The molecule has 28 heavy (non-hydrogen) atoms. The summed E-state index contributed by atoms with van der Waals surface area (Å²) in [6, 6.07) is 0.168. The number of hydrogen-bond donors (Lipinski definition) is 1. The van der Waals surface area contributed by atoms with Gasteiger partial charge in [-0.1, -0.05) is 13.3 Å². The topological polar surface area (TPSA) is 122 Å². The summed E-state index contributed by atoms with van der Waals surface area (Å²) in [4.78, 5) is 28.9. The van der Waals surface area contributed by atoms with Crippen LogP contribution in [0.15, 0.2) is 12.5 Å². The first-order valence-corrected chi connectivity index (χ1v) is 9.58. The van der Waals surface area contributed by atoms with Crippen LogP contribution in [0.4, 0.5) is 4.79 Å². The quantitative estimate of drug-likeness (QED) is 0.811. The van der Waals surface area contributed by atoms with Crippen molar-refractivity contribution in [3.63, 3.8) is 0 Å². The average Bonchev–Trinajstić information content (AvgIpc) is 3.42. The second-order valence-corrected chi connectivity index (χ2v) is 7.50. The van der Waals surface area contributed by atoms with Gasteiger partial charge in [0.1, 0.15) is 17.5 Å². The molecule has 11 nitrogen and oxygen atoms in total. The molecule has 0 radical (unpaired) electrons. The SMILES string of the molecule is CCC[C@H](C)N1CC2(CCN(C(=O)c3cn[nH]c3-n3cnnn3)CC2)OC1=O. The number of nitrogens with one attached hydrogen (secondary N) is 1. The van der Waals surface area contributed by atoms with Crippen molar-refractivity contribution >= 4 is 12.0 Å². The third-order valence-electron chi connectivity index (χ3n) is 5.62. The number of aromatic amines is 1. The van der Waals surface area contributed by atoms with E-state index in [0.29, 0.717) is 43.9 Å². The minimum Gasteiger partial charge on any atom is -0.441 e. The molecule has 4 heterocycles. The van der Waals surface area contributed by atoms with Gasteiger partial charge in [-0.15, -0.1) is 5.10 Å². The Bertz CT molecular complexity index is 840. The molecule has 2 aliphatic rings. The normalized spacial score (nSPS) is 19.9. The van der Waals surface area contributed by atoms with E-state index in [1.807, 2.05) is 4.90 Å². The van der Waals surface area contributed by atoms with Gasteiger partial charge in [0, 0.05) is 32.0 Å². The fourth-order valence-electron chi connectivity index (χ4n) is 3.98. The van der Waals surface area contributed by atoms with Gasteiger partial charge in [-0.2, -0.15) is 9.78 Å². The van der Waals surface area contributed by atoms with Gasteiger partial charge in [0.2, 0.25) is 0 Å². The van der Waals surface area contributed by atoms with Crippen LogP contribution in [0.2, 0.25) is 0 Å². The van der Waals surface area contributed by atoms with Crippen molar-refractivity contribution in [1.82, 2.24) is 40.2 Å². The maximum atomic E-state index is 13.0. The van der Waals surface area contributed by atoms with Gasteiger partial charge in [-0.3, -0.25) is 9.89 Å². The Morgan fingerprint density at radius 2 is 2.18 bits per heavy atom. The molecule has 2 saturated heterocycles. The van der Waals surface area contributed by atoms with E-state index in [1.54, 1.807) is 4.90 Å². The fraction of sp³-hybridized carbons (Fsp3) is 0.647. The molecule has 4 rings (SSSR count). The molecule has 0 saturated carbocycles. The predicted octanol–water partition coefficient (Wildman–Crippen LogP) is 1.00. The van der Waals surface area contributed by atoms with Crippen LogP contribution in [-0.2, 0) is 4.74 Å². The van der Waals surface area contributed by atoms with Crippen LogP contribution in [0.3, 0.4) is 0 Å². The summed E-state index contributed by atoms with van der Waals surface area (Å²) in [6.07, 6.45) is 5.87. The summed E-state index contributed by atoms with van der Waals surface area (Å²) in [7, 11) is 0. The van der Waals surface area contributed by atoms with Crippen molar-refractivity contribution in [2.45, 2.75) is 51.2 Å². The number of nitrogens with zero attached hydrogens (tertiary/aromatic N) is 7. The standard InChI is InChI=1S/C17H24N8O3/c1-3-4-12(2)24-10-17(28-16(24)27)5-7-23(8-6-17)15(26)13-9-18-20-14(13)25-11-19-21-22-25/h9,11-12H,3-8,10H2,1-2H3,(H,18,20)/t12-/m0/s1. The Balaban J connectivity index is 1.42. The Kier molecular flexibility index (Phi) is 4.73. The number of tetrazole rings is 1. The lowest BCUT2D eigenvalue weighted by atomic mass is 9.90. The van der Waals surface area contributed by atoms with E-state index in [0.717, 1.165) is 12.8 Å². The molecule has 2 aromatic heterocycles. The molecule has 0 aromatic carbocycles. The Morgan fingerprint density at radius 1 is 1.39 bits per heavy atom. The zero-order chi connectivity index (χ0) is 19.7. The predicted molar refractivity (Wildman–Crippen MR) is 96.7 cm³/mol. The lowest BCUT2D eigenvalue weighted by Crippen LogP contribution is -2.49. The largest absolute Gasteiger partial charge is 0.441 e. The van der Waals surface area contributed by atoms with Crippen LogP contribution < -0.4 is 0 Å². The molecule has 0 unspecified atom stereocenters. The van der Waals surface area contributed by atoms with Gasteiger partial charge >= 0.3 is 6.09 Å². The highest BCUT2D eigenvalue weighted by molar-refractivity contribution is 5.97. The highest BCUT2D eigenvalue weighted by Crippen LogP contribution is 2.35. The number of carbonyl (C=O) groups is 2. The van der Waals surface area contributed by atoms with Crippen LogP contribution >= 0.6 is 0 Å². The number of amides is 2. The number of carbonyl (C=O) groups excluding carboxylic acids is 2. The highest BCUT2D eigenvalue weighted by Gasteiger charge is 2.48. The number of ether oxygens (including phenoxy) is 1. The molecule has 2 fully saturated rings. The van der Waals surface area contributed by atoms with Crippen molar-refractivity contribution in [3.8, 4) is 5.82 Å². The summed E-state index contributed by atoms with van der Waals surface area (Å²) in [5.41, 5.74) is -0.0878. The number of H-pyrrole nitrogens is 1. The molecular formula is C17H24N8O3. The second kappa shape index (κ2) is 7.21. The Morgan fingerprint density at radius 3 is 2.86 bits per heavy atom. The minimum absolute atomic E-state index is 0.144. The van der Waals surface area contributed by atoms with Crippen LogP contribution in [0, 0.1) is 0 Å². The zero-order valence-corrected chi connectivity index (χ0v) is 16.0. The van der Waals surface area contributed by atoms with E-state index in [1.165, 1.54) is 17.2 Å². The van der Waals surface area contributed by atoms with Gasteiger partial charge in [0.05, 0.1) is 12.7 Å². The van der Waals surface area contributed by atoms with Gasteiger partial charge in [0.15, 0.2) is 5.82 Å². The number of rotatable bonds is 5. The van der Waals surface area contributed by atoms with Gasteiger partial charge in [0.25, 0.3) is 5.91 Å². The van der Waals surface area contributed by atoms with E-state index < -0.39 is 5.60 Å². The molecule has 2 aromatic rings. The summed E-state index contributed by atoms with van der Waals surface area (Å²) in [5, 5.41) is 17.7. The maximum absolute atomic E-state index is 13.0. The first kappa shape index (κ1) is 18.4. The monoisotopic (exact) mass is 388 g/mol. The van der Waals surface area contributed by atoms with E-state index in [-0.39, 0.29) is 18.0 Å². The van der Waals surface area contributed by atoms with E-state index >= 15 is 0 Å². The van der Waals surface area contributed by atoms with Crippen molar-refractivity contribution in [2.24, 2.45) is 0 Å². The maximum Gasteiger partial charge on any atom is 0.410 e. The number of piperidine rings is 1. The van der Waals surface area contributed by atoms with Gasteiger partial charge < -0.3 is 14.5 Å². The van der Waals surface area contributed by atoms with Crippen LogP contribution in [-0.4, -0.2) is 83.5 Å². The van der Waals surface area contributed by atoms with E-state index in [9.17, 15) is 9.59 Å². The molecule has 0 aliphatic carbocycles. The van der Waals surface area contributed by atoms with Crippen LogP contribution in [0.1, 0.15) is 49.9 Å². The third kappa shape index (κ3) is 3.20. The molecule has 1 spiro atoms. The lowest BCUT2D eigenvalue weighted by molar-refractivity contribution is 0.00307. The lowest BCUT2D eigenvalue weighted by Gasteiger charge is -2.37. The number of likely N-dealkylation sites (tertiary alicyclic amines) is 1. The van der Waals surface area contributed by atoms with Crippen LogP contribution in [0.5, 0.6) is 0 Å². The van der Waals surface area contributed by atoms with Crippen molar-refractivity contribution in [3.05, 3.63) is 18.1 Å². The molecule has 150 valence electrons. The van der Waals surface area contributed by atoms with Crippen molar-refractivity contribution in [2.75, 3.05) is 19.6 Å². The number of hydrogen-bond acceptors (Lipinski definition) is 7. The molecule has 2 amide bonds. The summed E-state index contributed by atoms with van der Waals surface area (Å²) in [6.45, 7) is 5.79. The summed E-state index contributed by atoms with van der Waals surface area (Å²) in [5.74, 6) is 0.289. The summed E-state index contributed by atoms with van der Waals surface area (Å²) < 4.78 is 7.14. The summed E-state index contributed by atoms with van der Waals surface area (Å²) >= 11 is 0. The van der Waals surface area contributed by atoms with Crippen molar-refractivity contribution < 1.29 is 14.3 Å². The highest BCUT2D eigenvalue weighted by atomic mass is 16.6. The smallest absolute Gasteiger partial charge is 0.410 e. The molecular weight excluding hydrogens is 364 g/mol. The van der Waals surface area contributed by atoms with Gasteiger partial charge in [-0.05, 0) is 23.8 Å². The third-order valence-corrected chi connectivity index (χ3v) is 5.62. The van der Waals surface area contributed by atoms with Crippen molar-refractivity contribution in [1.29, 1.82) is 0 Å². The minimum atomic E-state index is -0.495. The first-order chi connectivity index (χ1) is 13.5. The zero-order valence-electron chi connectivity index (χ0n) is 16.0. The van der Waals surface area contributed by atoms with E-state index in [4.69, 9.17) is 4.74 Å². The van der Waals surface area contributed by atoms with Gasteiger partial charge in [-0.25, -0.2) is 4.79 Å².